The highest BCUT2D eigenvalue weighted by Gasteiger charge is 2.13. The van der Waals surface area contributed by atoms with E-state index in [1.54, 1.807) is 18.4 Å². The molecule has 0 aliphatic carbocycles. The quantitative estimate of drug-likeness (QED) is 0.418. The molecule has 1 saturated heterocycles. The second-order valence-corrected chi connectivity index (χ2v) is 6.74. The summed E-state index contributed by atoms with van der Waals surface area (Å²) in [6.07, 6.45) is 3.35. The van der Waals surface area contributed by atoms with Crippen molar-refractivity contribution < 1.29 is 9.47 Å². The highest BCUT2D eigenvalue weighted by Crippen LogP contribution is 2.17. The van der Waals surface area contributed by atoms with Crippen LogP contribution in [-0.4, -0.2) is 64.6 Å². The number of aliphatic imine (C=N–C) groups is 1. The fourth-order valence-electron chi connectivity index (χ4n) is 2.35. The summed E-state index contributed by atoms with van der Waals surface area (Å²) < 4.78 is 11.2. The van der Waals surface area contributed by atoms with Crippen molar-refractivity contribution in [1.29, 1.82) is 0 Å². The van der Waals surface area contributed by atoms with Gasteiger partial charge in [-0.25, -0.2) is 4.98 Å². The Kier molecular flexibility index (Phi) is 8.27. The first-order chi connectivity index (χ1) is 11.7. The largest absolute Gasteiger partial charge is 0.381 e. The number of guanidine groups is 1. The van der Waals surface area contributed by atoms with Gasteiger partial charge in [-0.3, -0.25) is 4.99 Å². The minimum absolute atomic E-state index is 0.367. The molecule has 2 N–H and O–H groups in total. The highest BCUT2D eigenvalue weighted by molar-refractivity contribution is 7.13. The summed E-state index contributed by atoms with van der Waals surface area (Å²) in [5, 5.41) is 9.67. The number of aromatic nitrogens is 1. The topological polar surface area (TPSA) is 71.0 Å². The van der Waals surface area contributed by atoms with Gasteiger partial charge in [0.2, 0.25) is 0 Å². The second kappa shape index (κ2) is 10.5. The van der Waals surface area contributed by atoms with Crippen LogP contribution >= 0.6 is 11.3 Å². The fourth-order valence-corrected chi connectivity index (χ4v) is 3.11. The predicted octanol–water partition coefficient (Wildman–Crippen LogP) is 1.46. The lowest BCUT2D eigenvalue weighted by Gasteiger charge is -2.22. The molecule has 1 aromatic heterocycles. The van der Waals surface area contributed by atoms with E-state index in [-0.39, 0.29) is 0 Å². The minimum Gasteiger partial charge on any atom is -0.381 e. The van der Waals surface area contributed by atoms with E-state index in [1.165, 1.54) is 0 Å². The molecule has 0 amide bonds. The van der Waals surface area contributed by atoms with E-state index in [4.69, 9.17) is 9.47 Å². The van der Waals surface area contributed by atoms with Gasteiger partial charge in [-0.2, -0.15) is 0 Å². The third-order valence-electron chi connectivity index (χ3n) is 3.72. The molecule has 1 aliphatic heterocycles. The van der Waals surface area contributed by atoms with Crippen LogP contribution in [0.1, 0.15) is 25.0 Å². The van der Waals surface area contributed by atoms with Gasteiger partial charge in [0.25, 0.3) is 0 Å². The number of ether oxygens (including phenoxy) is 2. The summed E-state index contributed by atoms with van der Waals surface area (Å²) in [6, 6.07) is 0. The second-order valence-electron chi connectivity index (χ2n) is 5.90. The molecule has 7 nitrogen and oxygen atoms in total. The number of hydrogen-bond acceptors (Lipinski definition) is 6. The van der Waals surface area contributed by atoms with Crippen molar-refractivity contribution in [2.75, 3.05) is 52.4 Å². The summed E-state index contributed by atoms with van der Waals surface area (Å²) in [5.74, 6) is 0.792. The zero-order valence-electron chi connectivity index (χ0n) is 14.9. The first-order valence-electron chi connectivity index (χ1n) is 8.44. The fraction of sp³-hybridized carbons (Fsp3) is 0.750. The van der Waals surface area contributed by atoms with Gasteiger partial charge in [0.1, 0.15) is 0 Å². The average molecular weight is 356 g/mol. The van der Waals surface area contributed by atoms with Crippen LogP contribution < -0.4 is 15.5 Å². The summed E-state index contributed by atoms with van der Waals surface area (Å²) in [4.78, 5) is 10.8. The van der Waals surface area contributed by atoms with E-state index in [9.17, 15) is 0 Å². The van der Waals surface area contributed by atoms with E-state index in [0.29, 0.717) is 12.6 Å². The van der Waals surface area contributed by atoms with Crippen molar-refractivity contribution in [1.82, 2.24) is 15.6 Å². The van der Waals surface area contributed by atoms with E-state index >= 15 is 0 Å². The molecule has 0 spiro atoms. The number of hydrogen-bond donors (Lipinski definition) is 2. The third-order valence-corrected chi connectivity index (χ3v) is 4.78. The Bertz CT molecular complexity index is 500. The van der Waals surface area contributed by atoms with E-state index < -0.39 is 0 Å². The lowest BCUT2D eigenvalue weighted by atomic mass is 10.1. The molecule has 0 aromatic carbocycles. The minimum atomic E-state index is 0.367. The van der Waals surface area contributed by atoms with Gasteiger partial charge in [-0.05, 0) is 19.3 Å². The van der Waals surface area contributed by atoms with E-state index in [0.717, 1.165) is 62.4 Å². The molecule has 8 heteroatoms. The van der Waals surface area contributed by atoms with Gasteiger partial charge in [0, 0.05) is 52.9 Å². The number of anilines is 1. The maximum atomic E-state index is 5.86. The van der Waals surface area contributed by atoms with Gasteiger partial charge in [0.05, 0.1) is 18.3 Å². The van der Waals surface area contributed by atoms with Crippen molar-refractivity contribution in [2.45, 2.75) is 31.9 Å². The maximum absolute atomic E-state index is 5.86. The smallest absolute Gasteiger partial charge is 0.191 e. The van der Waals surface area contributed by atoms with Crippen LogP contribution in [0.3, 0.4) is 0 Å². The third kappa shape index (κ3) is 6.62. The van der Waals surface area contributed by atoms with Gasteiger partial charge < -0.3 is 25.0 Å². The van der Waals surface area contributed by atoms with Crippen LogP contribution in [0.5, 0.6) is 0 Å². The van der Waals surface area contributed by atoms with Crippen molar-refractivity contribution >= 4 is 22.4 Å². The summed E-state index contributed by atoms with van der Waals surface area (Å²) in [6.45, 7) is 3.93. The van der Waals surface area contributed by atoms with Gasteiger partial charge in [-0.1, -0.05) is 0 Å². The number of nitrogens with zero attached hydrogens (tertiary/aromatic N) is 3. The molecule has 0 unspecified atom stereocenters. The van der Waals surface area contributed by atoms with Gasteiger partial charge in [0.15, 0.2) is 11.1 Å². The molecule has 2 rings (SSSR count). The molecule has 136 valence electrons. The van der Waals surface area contributed by atoms with Crippen molar-refractivity contribution in [3.05, 3.63) is 11.1 Å². The molecular formula is C16H29N5O2S. The average Bonchev–Trinajstić information content (AvgIpc) is 3.07. The molecule has 24 heavy (non-hydrogen) atoms. The summed E-state index contributed by atoms with van der Waals surface area (Å²) >= 11 is 1.64. The lowest BCUT2D eigenvalue weighted by molar-refractivity contribution is -0.0320. The zero-order chi connectivity index (χ0) is 17.2. The van der Waals surface area contributed by atoms with Crippen LogP contribution in [0.2, 0.25) is 0 Å². The molecular weight excluding hydrogens is 326 g/mol. The summed E-state index contributed by atoms with van der Waals surface area (Å²) in [7, 11) is 5.78. The summed E-state index contributed by atoms with van der Waals surface area (Å²) in [5.41, 5.74) is 1.02. The van der Waals surface area contributed by atoms with Crippen LogP contribution in [0, 0.1) is 0 Å². The Morgan fingerprint density at radius 1 is 1.42 bits per heavy atom. The molecule has 1 fully saturated rings. The number of thiazole rings is 1. The molecule has 0 bridgehead atoms. The standard InChI is InChI=1S/C16H29N5O2S/c1-17-15(19-11-13-12-24-16(20-13)21(2)3)18-7-4-8-23-14-5-9-22-10-6-14/h12,14H,4-11H2,1-3H3,(H2,17,18,19). The van der Waals surface area contributed by atoms with E-state index in [2.05, 4.69) is 26.0 Å². The van der Waals surface area contributed by atoms with Crippen molar-refractivity contribution in [2.24, 2.45) is 4.99 Å². The van der Waals surface area contributed by atoms with Crippen LogP contribution in [0.4, 0.5) is 5.13 Å². The molecule has 1 aliphatic rings. The monoisotopic (exact) mass is 355 g/mol. The van der Waals surface area contributed by atoms with Crippen LogP contribution in [-0.2, 0) is 16.0 Å². The number of nitrogens with one attached hydrogen (secondary N) is 2. The Morgan fingerprint density at radius 3 is 2.88 bits per heavy atom. The molecule has 0 atom stereocenters. The highest BCUT2D eigenvalue weighted by atomic mass is 32.1. The zero-order valence-corrected chi connectivity index (χ0v) is 15.7. The predicted molar refractivity (Wildman–Crippen MR) is 99.1 cm³/mol. The van der Waals surface area contributed by atoms with Gasteiger partial charge >= 0.3 is 0 Å². The number of rotatable bonds is 8. The SMILES string of the molecule is CN=C(NCCCOC1CCOCC1)NCc1csc(N(C)C)n1. The molecule has 2 heterocycles. The Balaban J connectivity index is 1.58. The first kappa shape index (κ1) is 19.0. The van der Waals surface area contributed by atoms with Crippen LogP contribution in [0.25, 0.3) is 0 Å². The van der Waals surface area contributed by atoms with Crippen molar-refractivity contribution in [3.8, 4) is 0 Å². The lowest BCUT2D eigenvalue weighted by Crippen LogP contribution is -2.37. The van der Waals surface area contributed by atoms with Crippen LogP contribution in [0.15, 0.2) is 10.4 Å². The Labute approximate surface area is 148 Å². The Morgan fingerprint density at radius 2 is 2.21 bits per heavy atom. The Hall–Kier alpha value is -1.38. The molecule has 0 radical (unpaired) electrons. The molecule has 1 aromatic rings. The maximum Gasteiger partial charge on any atom is 0.191 e. The van der Waals surface area contributed by atoms with Crippen molar-refractivity contribution in [3.63, 3.8) is 0 Å². The normalized spacial score (nSPS) is 16.2. The first-order valence-corrected chi connectivity index (χ1v) is 9.32. The van der Waals surface area contributed by atoms with E-state index in [1.807, 2.05) is 19.0 Å². The van der Waals surface area contributed by atoms with Gasteiger partial charge in [-0.15, -0.1) is 11.3 Å². The molecule has 0 saturated carbocycles.